The first-order valence-corrected chi connectivity index (χ1v) is 7.75. The van der Waals surface area contributed by atoms with Gasteiger partial charge in [0.2, 0.25) is 0 Å². The van der Waals surface area contributed by atoms with Crippen LogP contribution < -0.4 is 12.4 Å². The van der Waals surface area contributed by atoms with Gasteiger partial charge >= 0.3 is 0 Å². The highest BCUT2D eigenvalue weighted by atomic mass is 35.5. The minimum absolute atomic E-state index is 0. The summed E-state index contributed by atoms with van der Waals surface area (Å²) < 4.78 is 2.14. The second-order valence-electron chi connectivity index (χ2n) is 5.74. The van der Waals surface area contributed by atoms with E-state index in [9.17, 15) is 5.11 Å². The Morgan fingerprint density at radius 1 is 1.09 bits per heavy atom. The summed E-state index contributed by atoms with van der Waals surface area (Å²) in [6, 6.07) is 8.21. The number of aromatic nitrogens is 1. The standard InChI is InChI=1S/C17H26N2O3.ClH/c1-13-14(2)19(17-6-4-3-5-16(13)17)12-15(22)11-18(7-9-20)8-10-21;/h3-6,15,20-22H,7-12H2,1-2H3;1H/p-1. The third kappa shape index (κ3) is 4.68. The molecule has 0 saturated carbocycles. The van der Waals surface area contributed by atoms with Crippen LogP contribution in [0.15, 0.2) is 24.3 Å². The molecule has 0 bridgehead atoms. The van der Waals surface area contributed by atoms with Gasteiger partial charge in [-0.15, -0.1) is 0 Å². The van der Waals surface area contributed by atoms with Crippen LogP contribution in [-0.2, 0) is 6.54 Å². The number of fused-ring (bicyclic) bond motifs is 1. The Morgan fingerprint density at radius 2 is 1.70 bits per heavy atom. The Labute approximate surface area is 143 Å². The Kier molecular flexibility index (Phi) is 8.02. The summed E-state index contributed by atoms with van der Waals surface area (Å²) in [5.74, 6) is 0. The highest BCUT2D eigenvalue weighted by molar-refractivity contribution is 5.85. The molecule has 5 nitrogen and oxygen atoms in total. The van der Waals surface area contributed by atoms with Crippen molar-refractivity contribution < 1.29 is 27.7 Å². The number of para-hydroxylation sites is 1. The summed E-state index contributed by atoms with van der Waals surface area (Å²) in [4.78, 5) is 1.87. The molecule has 0 saturated heterocycles. The average molecular weight is 342 g/mol. The van der Waals surface area contributed by atoms with Gasteiger partial charge in [-0.2, -0.15) is 0 Å². The smallest absolute Gasteiger partial charge is 0.0845 e. The van der Waals surface area contributed by atoms with E-state index in [0.29, 0.717) is 26.2 Å². The molecule has 0 aliphatic carbocycles. The zero-order chi connectivity index (χ0) is 16.1. The lowest BCUT2D eigenvalue weighted by Gasteiger charge is -2.24. The molecule has 1 atom stereocenters. The van der Waals surface area contributed by atoms with Gasteiger partial charge in [-0.25, -0.2) is 0 Å². The van der Waals surface area contributed by atoms with Gasteiger partial charge in [0.25, 0.3) is 0 Å². The maximum atomic E-state index is 10.4. The van der Waals surface area contributed by atoms with Gasteiger partial charge in [-0.05, 0) is 25.5 Å². The van der Waals surface area contributed by atoms with Crippen LogP contribution in [0.3, 0.4) is 0 Å². The zero-order valence-electron chi connectivity index (χ0n) is 13.7. The van der Waals surface area contributed by atoms with Crippen LogP contribution in [0.1, 0.15) is 11.3 Å². The first-order valence-electron chi connectivity index (χ1n) is 7.75. The minimum Gasteiger partial charge on any atom is -1.00 e. The lowest BCUT2D eigenvalue weighted by Crippen LogP contribution is -3.00. The maximum Gasteiger partial charge on any atom is 0.0845 e. The van der Waals surface area contributed by atoms with Gasteiger partial charge in [0, 0.05) is 36.2 Å². The predicted octanol–water partition coefficient (Wildman–Crippen LogP) is -2.09. The molecule has 3 N–H and O–H groups in total. The topological polar surface area (TPSA) is 68.9 Å². The van der Waals surface area contributed by atoms with E-state index in [1.807, 2.05) is 17.0 Å². The van der Waals surface area contributed by atoms with Crippen LogP contribution in [-0.4, -0.2) is 63.7 Å². The van der Waals surface area contributed by atoms with Crippen molar-refractivity contribution in [2.45, 2.75) is 26.5 Å². The molecular formula is C17H26ClN2O3-. The first-order chi connectivity index (χ1) is 10.6. The van der Waals surface area contributed by atoms with Crippen LogP contribution in [0.5, 0.6) is 0 Å². The number of aliphatic hydroxyl groups excluding tert-OH is 3. The fourth-order valence-electron chi connectivity index (χ4n) is 2.98. The van der Waals surface area contributed by atoms with Crippen LogP contribution >= 0.6 is 0 Å². The summed E-state index contributed by atoms with van der Waals surface area (Å²) in [7, 11) is 0. The van der Waals surface area contributed by atoms with Crippen molar-refractivity contribution in [1.82, 2.24) is 9.47 Å². The normalized spacial score (nSPS) is 12.6. The summed E-state index contributed by atoms with van der Waals surface area (Å²) in [6.07, 6.45) is -0.549. The van der Waals surface area contributed by atoms with Gasteiger partial charge in [0.15, 0.2) is 0 Å². The molecular weight excluding hydrogens is 316 g/mol. The molecule has 1 aromatic carbocycles. The van der Waals surface area contributed by atoms with Crippen LogP contribution in [0.2, 0.25) is 0 Å². The molecule has 0 aliphatic rings. The number of hydrogen-bond acceptors (Lipinski definition) is 4. The van der Waals surface area contributed by atoms with Gasteiger partial charge in [0.1, 0.15) is 0 Å². The molecule has 1 heterocycles. The molecule has 1 aromatic heterocycles. The number of aliphatic hydroxyl groups is 3. The van der Waals surface area contributed by atoms with E-state index in [1.165, 1.54) is 10.9 Å². The fourth-order valence-corrected chi connectivity index (χ4v) is 2.98. The average Bonchev–Trinajstić information content (AvgIpc) is 2.73. The van der Waals surface area contributed by atoms with E-state index in [0.717, 1.165) is 11.2 Å². The van der Waals surface area contributed by atoms with Crippen molar-refractivity contribution in [2.75, 3.05) is 32.8 Å². The molecule has 0 spiro atoms. The van der Waals surface area contributed by atoms with Gasteiger partial charge in [-0.1, -0.05) is 18.2 Å². The summed E-state index contributed by atoms with van der Waals surface area (Å²) in [5, 5.41) is 29.7. The largest absolute Gasteiger partial charge is 1.00 e. The molecule has 0 aliphatic heterocycles. The van der Waals surface area contributed by atoms with E-state index in [1.54, 1.807) is 0 Å². The van der Waals surface area contributed by atoms with Gasteiger partial charge in [0.05, 0.1) is 25.9 Å². The predicted molar refractivity (Wildman–Crippen MR) is 88.0 cm³/mol. The molecule has 2 aromatic rings. The van der Waals surface area contributed by atoms with E-state index >= 15 is 0 Å². The van der Waals surface area contributed by atoms with Crippen molar-refractivity contribution in [3.8, 4) is 0 Å². The molecule has 2 rings (SSSR count). The Balaban J connectivity index is 0.00000264. The van der Waals surface area contributed by atoms with Gasteiger partial charge in [-0.3, -0.25) is 4.90 Å². The quantitative estimate of drug-likeness (QED) is 0.515. The molecule has 0 radical (unpaired) electrons. The van der Waals surface area contributed by atoms with E-state index in [2.05, 4.69) is 30.5 Å². The number of hydrogen-bond donors (Lipinski definition) is 3. The van der Waals surface area contributed by atoms with Crippen LogP contribution in [0.4, 0.5) is 0 Å². The fraction of sp³-hybridized carbons (Fsp3) is 0.529. The van der Waals surface area contributed by atoms with E-state index in [4.69, 9.17) is 10.2 Å². The maximum absolute atomic E-state index is 10.4. The molecule has 23 heavy (non-hydrogen) atoms. The van der Waals surface area contributed by atoms with Crippen molar-refractivity contribution in [2.24, 2.45) is 0 Å². The minimum atomic E-state index is -0.549. The highest BCUT2D eigenvalue weighted by Gasteiger charge is 2.16. The molecule has 0 amide bonds. The van der Waals surface area contributed by atoms with Gasteiger partial charge < -0.3 is 32.3 Å². The van der Waals surface area contributed by atoms with E-state index in [-0.39, 0.29) is 25.6 Å². The number of rotatable bonds is 8. The number of halogens is 1. The molecule has 1 unspecified atom stereocenters. The Morgan fingerprint density at radius 3 is 2.30 bits per heavy atom. The van der Waals surface area contributed by atoms with Crippen LogP contribution in [0.25, 0.3) is 10.9 Å². The lowest BCUT2D eigenvalue weighted by molar-refractivity contribution is -0.0000118. The lowest BCUT2D eigenvalue weighted by atomic mass is 10.2. The second-order valence-corrected chi connectivity index (χ2v) is 5.74. The van der Waals surface area contributed by atoms with Crippen LogP contribution in [0, 0.1) is 13.8 Å². The summed E-state index contributed by atoms with van der Waals surface area (Å²) in [5.41, 5.74) is 3.54. The monoisotopic (exact) mass is 341 g/mol. The number of nitrogens with zero attached hydrogens (tertiary/aromatic N) is 2. The Hall–Kier alpha value is -1.11. The van der Waals surface area contributed by atoms with Crippen molar-refractivity contribution in [1.29, 1.82) is 0 Å². The third-order valence-electron chi connectivity index (χ3n) is 4.24. The third-order valence-corrected chi connectivity index (χ3v) is 4.24. The number of aryl methyl sites for hydroxylation is 1. The molecule has 6 heteroatoms. The Bertz CT molecular complexity index is 609. The highest BCUT2D eigenvalue weighted by Crippen LogP contribution is 2.25. The van der Waals surface area contributed by atoms with Crippen molar-refractivity contribution >= 4 is 10.9 Å². The molecule has 0 fully saturated rings. The van der Waals surface area contributed by atoms with E-state index < -0.39 is 6.10 Å². The van der Waals surface area contributed by atoms with Crippen molar-refractivity contribution in [3.05, 3.63) is 35.5 Å². The molecule has 130 valence electrons. The first kappa shape index (κ1) is 19.9. The summed E-state index contributed by atoms with van der Waals surface area (Å²) >= 11 is 0. The zero-order valence-corrected chi connectivity index (χ0v) is 14.5. The van der Waals surface area contributed by atoms with Crippen molar-refractivity contribution in [3.63, 3.8) is 0 Å². The SMILES string of the molecule is Cc1c(C)n(CC(O)CN(CCO)CCO)c2ccccc12.[Cl-]. The second kappa shape index (κ2) is 9.25. The summed E-state index contributed by atoms with van der Waals surface area (Å²) in [6.45, 7) is 6.09. The number of benzene rings is 1.